The van der Waals surface area contributed by atoms with E-state index in [1.807, 2.05) is 26.2 Å². The zero-order chi connectivity index (χ0) is 13.9. The maximum atomic E-state index is 5.51. The molecule has 1 atom stereocenters. The molecule has 1 aliphatic rings. The molecule has 0 bridgehead atoms. The summed E-state index contributed by atoms with van der Waals surface area (Å²) in [6.07, 6.45) is 2.47. The van der Waals surface area contributed by atoms with E-state index in [0.717, 1.165) is 18.0 Å². The summed E-state index contributed by atoms with van der Waals surface area (Å²) in [5.74, 6) is 1.79. The van der Waals surface area contributed by atoms with Crippen molar-refractivity contribution in [2.45, 2.75) is 18.9 Å². The summed E-state index contributed by atoms with van der Waals surface area (Å²) in [5, 5.41) is 6.77. The van der Waals surface area contributed by atoms with Crippen molar-refractivity contribution in [2.75, 3.05) is 34.9 Å². The third-order valence-electron chi connectivity index (χ3n) is 4.07. The molecule has 1 fully saturated rings. The maximum absolute atomic E-state index is 5.51. The first-order chi connectivity index (χ1) is 9.20. The predicted molar refractivity (Wildman–Crippen MR) is 76.9 cm³/mol. The van der Waals surface area contributed by atoms with E-state index in [9.17, 15) is 0 Å². The van der Waals surface area contributed by atoms with Crippen molar-refractivity contribution in [3.05, 3.63) is 23.8 Å². The molecule has 4 nitrogen and oxygen atoms in total. The second-order valence-electron chi connectivity index (χ2n) is 5.22. The second-order valence-corrected chi connectivity index (χ2v) is 5.22. The van der Waals surface area contributed by atoms with Crippen LogP contribution < -0.4 is 20.1 Å². The molecule has 0 heterocycles. The van der Waals surface area contributed by atoms with Crippen molar-refractivity contribution < 1.29 is 9.47 Å². The van der Waals surface area contributed by atoms with Gasteiger partial charge in [-0.3, -0.25) is 0 Å². The topological polar surface area (TPSA) is 42.5 Å². The molecule has 1 aromatic rings. The summed E-state index contributed by atoms with van der Waals surface area (Å²) in [4.78, 5) is 0. The van der Waals surface area contributed by atoms with Gasteiger partial charge in [0.25, 0.3) is 0 Å². The lowest BCUT2D eigenvalue weighted by Crippen LogP contribution is -2.33. The minimum atomic E-state index is 0.282. The summed E-state index contributed by atoms with van der Waals surface area (Å²) in [6.45, 7) is 1.01. The number of ether oxygens (including phenoxy) is 2. The molecule has 1 aliphatic carbocycles. The lowest BCUT2D eigenvalue weighted by molar-refractivity contribution is 0.327. The van der Waals surface area contributed by atoms with Gasteiger partial charge in [0.15, 0.2) is 0 Å². The predicted octanol–water partition coefficient (Wildman–Crippen LogP) is 1.96. The van der Waals surface area contributed by atoms with Crippen LogP contribution in [0.4, 0.5) is 0 Å². The number of hydrogen-bond donors (Lipinski definition) is 2. The van der Waals surface area contributed by atoms with Gasteiger partial charge in [-0.1, -0.05) is 0 Å². The van der Waals surface area contributed by atoms with Crippen LogP contribution in [0.1, 0.15) is 24.4 Å². The standard InChI is InChI=1S/C15H24N2O2/c1-16-10-15(7-8-15)14(17-2)12-9-11(18-3)5-6-13(12)19-4/h5-6,9,14,16-17H,7-8,10H2,1-4H3. The van der Waals surface area contributed by atoms with E-state index in [1.54, 1.807) is 14.2 Å². The van der Waals surface area contributed by atoms with Gasteiger partial charge in [0, 0.05) is 23.6 Å². The van der Waals surface area contributed by atoms with Crippen LogP contribution in [0.15, 0.2) is 18.2 Å². The molecule has 0 amide bonds. The first-order valence-corrected chi connectivity index (χ1v) is 6.74. The Morgan fingerprint density at radius 2 is 1.95 bits per heavy atom. The van der Waals surface area contributed by atoms with Crippen LogP contribution in [0.2, 0.25) is 0 Å². The van der Waals surface area contributed by atoms with Crippen LogP contribution in [-0.4, -0.2) is 34.9 Å². The summed E-state index contributed by atoms with van der Waals surface area (Å²) < 4.78 is 10.9. The molecule has 0 saturated heterocycles. The molecule has 0 spiro atoms. The third-order valence-corrected chi connectivity index (χ3v) is 4.07. The quantitative estimate of drug-likeness (QED) is 0.790. The number of nitrogens with one attached hydrogen (secondary N) is 2. The molecule has 2 rings (SSSR count). The molecule has 1 aromatic carbocycles. The van der Waals surface area contributed by atoms with Crippen LogP contribution in [0.5, 0.6) is 11.5 Å². The highest BCUT2D eigenvalue weighted by Gasteiger charge is 2.49. The minimum Gasteiger partial charge on any atom is -0.497 e. The lowest BCUT2D eigenvalue weighted by atomic mass is 9.89. The molecular weight excluding hydrogens is 240 g/mol. The van der Waals surface area contributed by atoms with Gasteiger partial charge in [0.1, 0.15) is 11.5 Å². The molecule has 106 valence electrons. The SMILES string of the molecule is CNCC1(C(NC)c2cc(OC)ccc2OC)CC1. The van der Waals surface area contributed by atoms with Crippen LogP contribution >= 0.6 is 0 Å². The average Bonchev–Trinajstić information content (AvgIpc) is 3.20. The summed E-state index contributed by atoms with van der Waals surface area (Å²) in [7, 11) is 7.44. The number of rotatable bonds is 7. The Hall–Kier alpha value is -1.26. The highest BCUT2D eigenvalue weighted by Crippen LogP contribution is 2.55. The van der Waals surface area contributed by atoms with Gasteiger partial charge in [-0.15, -0.1) is 0 Å². The van der Waals surface area contributed by atoms with Gasteiger partial charge >= 0.3 is 0 Å². The Kier molecular flexibility index (Phi) is 4.32. The Morgan fingerprint density at radius 3 is 2.42 bits per heavy atom. The van der Waals surface area contributed by atoms with Gasteiger partial charge in [-0.05, 0) is 45.1 Å². The lowest BCUT2D eigenvalue weighted by Gasteiger charge is -2.28. The van der Waals surface area contributed by atoms with E-state index in [2.05, 4.69) is 16.7 Å². The van der Waals surface area contributed by atoms with Gasteiger partial charge in [-0.25, -0.2) is 0 Å². The van der Waals surface area contributed by atoms with E-state index in [4.69, 9.17) is 9.47 Å². The molecule has 1 unspecified atom stereocenters. The van der Waals surface area contributed by atoms with E-state index in [0.29, 0.717) is 5.41 Å². The Bertz CT molecular complexity index is 430. The highest BCUT2D eigenvalue weighted by atomic mass is 16.5. The van der Waals surface area contributed by atoms with Crippen molar-refractivity contribution in [3.63, 3.8) is 0 Å². The Morgan fingerprint density at radius 1 is 1.21 bits per heavy atom. The van der Waals surface area contributed by atoms with Crippen LogP contribution in [0, 0.1) is 5.41 Å². The van der Waals surface area contributed by atoms with E-state index in [-0.39, 0.29) is 6.04 Å². The molecule has 2 N–H and O–H groups in total. The second kappa shape index (κ2) is 5.80. The average molecular weight is 264 g/mol. The zero-order valence-corrected chi connectivity index (χ0v) is 12.2. The van der Waals surface area contributed by atoms with Crippen molar-refractivity contribution in [1.82, 2.24) is 10.6 Å². The molecule has 1 saturated carbocycles. The molecular formula is C15H24N2O2. The summed E-state index contributed by atoms with van der Waals surface area (Å²) in [6, 6.07) is 6.28. The first kappa shape index (κ1) is 14.2. The van der Waals surface area contributed by atoms with Crippen LogP contribution in [-0.2, 0) is 0 Å². The van der Waals surface area contributed by atoms with Gasteiger partial charge in [0.2, 0.25) is 0 Å². The summed E-state index contributed by atoms with van der Waals surface area (Å²) in [5.41, 5.74) is 1.47. The fourth-order valence-corrected chi connectivity index (χ4v) is 2.94. The third kappa shape index (κ3) is 2.69. The fraction of sp³-hybridized carbons (Fsp3) is 0.600. The fourth-order valence-electron chi connectivity index (χ4n) is 2.94. The number of benzene rings is 1. The number of methoxy groups -OCH3 is 2. The zero-order valence-electron chi connectivity index (χ0n) is 12.2. The summed E-state index contributed by atoms with van der Waals surface area (Å²) >= 11 is 0. The number of hydrogen-bond acceptors (Lipinski definition) is 4. The van der Waals surface area contributed by atoms with Gasteiger partial charge < -0.3 is 20.1 Å². The van der Waals surface area contributed by atoms with Crippen molar-refractivity contribution in [3.8, 4) is 11.5 Å². The first-order valence-electron chi connectivity index (χ1n) is 6.74. The van der Waals surface area contributed by atoms with E-state index < -0.39 is 0 Å². The molecule has 19 heavy (non-hydrogen) atoms. The Labute approximate surface area is 115 Å². The monoisotopic (exact) mass is 264 g/mol. The van der Waals surface area contributed by atoms with Crippen LogP contribution in [0.25, 0.3) is 0 Å². The smallest absolute Gasteiger partial charge is 0.123 e. The molecule has 0 aromatic heterocycles. The normalized spacial score (nSPS) is 17.9. The molecule has 0 aliphatic heterocycles. The van der Waals surface area contributed by atoms with E-state index >= 15 is 0 Å². The van der Waals surface area contributed by atoms with Gasteiger partial charge in [0.05, 0.1) is 14.2 Å². The van der Waals surface area contributed by atoms with Crippen molar-refractivity contribution >= 4 is 0 Å². The largest absolute Gasteiger partial charge is 0.497 e. The van der Waals surface area contributed by atoms with Gasteiger partial charge in [-0.2, -0.15) is 0 Å². The Balaban J connectivity index is 2.36. The molecule has 4 heteroatoms. The van der Waals surface area contributed by atoms with Crippen molar-refractivity contribution in [2.24, 2.45) is 5.41 Å². The van der Waals surface area contributed by atoms with Crippen LogP contribution in [0.3, 0.4) is 0 Å². The van der Waals surface area contributed by atoms with E-state index in [1.165, 1.54) is 18.4 Å². The maximum Gasteiger partial charge on any atom is 0.123 e. The molecule has 0 radical (unpaired) electrons. The van der Waals surface area contributed by atoms with Crippen molar-refractivity contribution in [1.29, 1.82) is 0 Å². The highest BCUT2D eigenvalue weighted by molar-refractivity contribution is 5.44. The minimum absolute atomic E-state index is 0.282.